The molecule has 0 unspecified atom stereocenters. The van der Waals surface area contributed by atoms with Gasteiger partial charge in [0, 0.05) is 37.4 Å². The average molecular weight is 342 g/mol. The molecule has 1 saturated heterocycles. The van der Waals surface area contributed by atoms with E-state index < -0.39 is 0 Å². The summed E-state index contributed by atoms with van der Waals surface area (Å²) in [7, 11) is 0. The van der Waals surface area contributed by atoms with Crippen molar-refractivity contribution in [3.63, 3.8) is 0 Å². The van der Waals surface area contributed by atoms with Gasteiger partial charge in [0.1, 0.15) is 11.5 Å². The molecular formula is C18H22N4O3. The number of aryl methyl sites for hydroxylation is 2. The Morgan fingerprint density at radius 1 is 1.24 bits per heavy atom. The zero-order chi connectivity index (χ0) is 17.4. The van der Waals surface area contributed by atoms with Crippen LogP contribution in [0, 0.1) is 13.8 Å². The van der Waals surface area contributed by atoms with Crippen molar-refractivity contribution in [2.24, 2.45) is 0 Å². The fourth-order valence-corrected chi connectivity index (χ4v) is 3.37. The Balaban J connectivity index is 1.68. The van der Waals surface area contributed by atoms with E-state index in [-0.39, 0.29) is 12.5 Å². The minimum atomic E-state index is -0.0510. The maximum atomic E-state index is 12.5. The van der Waals surface area contributed by atoms with Crippen molar-refractivity contribution in [3.8, 4) is 5.75 Å². The lowest BCUT2D eigenvalue weighted by atomic mass is 10.1. The summed E-state index contributed by atoms with van der Waals surface area (Å²) in [4.78, 5) is 16.6. The Morgan fingerprint density at radius 2 is 2.04 bits per heavy atom. The molecule has 0 atom stereocenters. The Bertz CT molecular complexity index is 776. The first-order valence-corrected chi connectivity index (χ1v) is 8.58. The molecule has 0 spiro atoms. The second-order valence-electron chi connectivity index (χ2n) is 6.46. The zero-order valence-electron chi connectivity index (χ0n) is 14.5. The lowest BCUT2D eigenvalue weighted by Crippen LogP contribution is -2.44. The Labute approximate surface area is 146 Å². The fraction of sp³-hybridized carbons (Fsp3) is 0.444. The molecule has 1 fully saturated rings. The van der Waals surface area contributed by atoms with E-state index >= 15 is 0 Å². The number of rotatable bonds is 3. The van der Waals surface area contributed by atoms with Gasteiger partial charge in [0.15, 0.2) is 6.61 Å². The molecule has 0 aliphatic carbocycles. The smallest absolute Gasteiger partial charge is 0.265 e. The van der Waals surface area contributed by atoms with Crippen molar-refractivity contribution >= 4 is 17.3 Å². The van der Waals surface area contributed by atoms with Gasteiger partial charge in [0.25, 0.3) is 5.91 Å². The summed E-state index contributed by atoms with van der Waals surface area (Å²) in [5, 5.41) is 7.35. The number of piperazine rings is 1. The molecule has 2 aliphatic rings. The van der Waals surface area contributed by atoms with E-state index in [4.69, 9.17) is 9.26 Å². The molecule has 2 aliphatic heterocycles. The van der Waals surface area contributed by atoms with Crippen LogP contribution in [0.25, 0.3) is 0 Å². The van der Waals surface area contributed by atoms with Crippen molar-refractivity contribution in [1.82, 2.24) is 10.5 Å². The van der Waals surface area contributed by atoms with Crippen LogP contribution in [-0.2, 0) is 11.3 Å². The van der Waals surface area contributed by atoms with E-state index in [0.29, 0.717) is 6.54 Å². The Morgan fingerprint density at radius 3 is 2.76 bits per heavy atom. The van der Waals surface area contributed by atoms with Crippen LogP contribution in [0.5, 0.6) is 5.75 Å². The highest BCUT2D eigenvalue weighted by atomic mass is 16.5. The van der Waals surface area contributed by atoms with Gasteiger partial charge in [0.2, 0.25) is 0 Å². The molecule has 4 rings (SSSR count). The number of hydrogen-bond donors (Lipinski definition) is 1. The predicted molar refractivity (Wildman–Crippen MR) is 94.2 cm³/mol. The number of benzene rings is 1. The number of fused-ring (bicyclic) bond motifs is 1. The number of nitrogens with zero attached hydrogens (tertiary/aromatic N) is 3. The summed E-state index contributed by atoms with van der Waals surface area (Å²) in [6.45, 7) is 8.12. The van der Waals surface area contributed by atoms with Crippen LogP contribution >= 0.6 is 0 Å². The van der Waals surface area contributed by atoms with Crippen LogP contribution in [0.4, 0.5) is 11.4 Å². The average Bonchev–Trinajstić information content (AvgIpc) is 2.96. The third-order valence-electron chi connectivity index (χ3n) is 4.87. The topological polar surface area (TPSA) is 70.8 Å². The molecule has 25 heavy (non-hydrogen) atoms. The van der Waals surface area contributed by atoms with Gasteiger partial charge in [0.05, 0.1) is 17.9 Å². The Hall–Kier alpha value is -2.54. The van der Waals surface area contributed by atoms with E-state index in [9.17, 15) is 4.79 Å². The first kappa shape index (κ1) is 16.0. The first-order valence-electron chi connectivity index (χ1n) is 8.58. The van der Waals surface area contributed by atoms with Gasteiger partial charge in [-0.1, -0.05) is 5.16 Å². The summed E-state index contributed by atoms with van der Waals surface area (Å²) in [5.74, 6) is 1.44. The molecule has 0 bridgehead atoms. The maximum Gasteiger partial charge on any atom is 0.265 e. The highest BCUT2D eigenvalue weighted by Crippen LogP contribution is 2.37. The lowest BCUT2D eigenvalue weighted by Gasteiger charge is -2.33. The van der Waals surface area contributed by atoms with Crippen molar-refractivity contribution in [3.05, 3.63) is 35.2 Å². The minimum absolute atomic E-state index is 0.0510. The molecule has 2 aromatic rings. The fourth-order valence-electron chi connectivity index (χ4n) is 3.37. The number of aromatic nitrogens is 1. The molecule has 0 saturated carbocycles. The molecule has 1 aromatic heterocycles. The van der Waals surface area contributed by atoms with Gasteiger partial charge in [-0.3, -0.25) is 4.79 Å². The quantitative estimate of drug-likeness (QED) is 0.914. The number of carbonyl (C=O) groups is 1. The molecule has 0 radical (unpaired) electrons. The maximum absolute atomic E-state index is 12.5. The number of hydrogen-bond acceptors (Lipinski definition) is 6. The van der Waals surface area contributed by atoms with E-state index in [0.717, 1.165) is 60.3 Å². The standard InChI is InChI=1S/C18H22N4O3/c1-12-15(13(2)25-20-12)10-22-16-9-14(21-7-5-19-6-8-21)3-4-17(16)24-11-18(22)23/h3-4,9,19H,5-8,10-11H2,1-2H3. The second kappa shape index (κ2) is 6.40. The monoisotopic (exact) mass is 342 g/mol. The van der Waals surface area contributed by atoms with Crippen LogP contribution in [-0.4, -0.2) is 43.8 Å². The van der Waals surface area contributed by atoms with Crippen molar-refractivity contribution in [2.75, 3.05) is 42.6 Å². The van der Waals surface area contributed by atoms with Crippen molar-refractivity contribution < 1.29 is 14.1 Å². The molecule has 132 valence electrons. The summed E-state index contributed by atoms with van der Waals surface area (Å²) in [6, 6.07) is 6.07. The number of amides is 1. The largest absolute Gasteiger partial charge is 0.482 e. The van der Waals surface area contributed by atoms with Crippen LogP contribution in [0.1, 0.15) is 17.0 Å². The summed E-state index contributed by atoms with van der Waals surface area (Å²) < 4.78 is 10.9. The van der Waals surface area contributed by atoms with Gasteiger partial charge in [-0.2, -0.15) is 0 Å². The number of anilines is 2. The summed E-state index contributed by atoms with van der Waals surface area (Å²) >= 11 is 0. The molecule has 3 heterocycles. The molecule has 1 amide bonds. The zero-order valence-corrected chi connectivity index (χ0v) is 14.5. The number of nitrogens with one attached hydrogen (secondary N) is 1. The van der Waals surface area contributed by atoms with E-state index in [2.05, 4.69) is 27.5 Å². The Kier molecular flexibility index (Phi) is 4.09. The highest BCUT2D eigenvalue weighted by Gasteiger charge is 2.28. The second-order valence-corrected chi connectivity index (χ2v) is 6.46. The lowest BCUT2D eigenvalue weighted by molar-refractivity contribution is -0.121. The third kappa shape index (κ3) is 2.95. The van der Waals surface area contributed by atoms with Gasteiger partial charge in [-0.25, -0.2) is 0 Å². The SMILES string of the molecule is Cc1noc(C)c1CN1C(=O)COc2ccc(N3CCNCC3)cc21. The van der Waals surface area contributed by atoms with Crippen LogP contribution < -0.4 is 19.9 Å². The van der Waals surface area contributed by atoms with Gasteiger partial charge in [-0.15, -0.1) is 0 Å². The van der Waals surface area contributed by atoms with Crippen molar-refractivity contribution in [2.45, 2.75) is 20.4 Å². The number of ether oxygens (including phenoxy) is 1. The van der Waals surface area contributed by atoms with Crippen molar-refractivity contribution in [1.29, 1.82) is 0 Å². The van der Waals surface area contributed by atoms with Crippen LogP contribution in [0.3, 0.4) is 0 Å². The number of carbonyl (C=O) groups excluding carboxylic acids is 1. The third-order valence-corrected chi connectivity index (χ3v) is 4.87. The van der Waals surface area contributed by atoms with Crippen LogP contribution in [0.15, 0.2) is 22.7 Å². The minimum Gasteiger partial charge on any atom is -0.482 e. The molecule has 1 aromatic carbocycles. The summed E-state index contributed by atoms with van der Waals surface area (Å²) in [6.07, 6.45) is 0. The van der Waals surface area contributed by atoms with E-state index in [1.165, 1.54) is 0 Å². The molecular weight excluding hydrogens is 320 g/mol. The van der Waals surface area contributed by atoms with Crippen LogP contribution in [0.2, 0.25) is 0 Å². The van der Waals surface area contributed by atoms with E-state index in [1.807, 2.05) is 19.9 Å². The predicted octanol–water partition coefficient (Wildman–Crippen LogP) is 1.63. The van der Waals surface area contributed by atoms with E-state index in [1.54, 1.807) is 4.90 Å². The highest BCUT2D eigenvalue weighted by molar-refractivity contribution is 5.98. The van der Waals surface area contributed by atoms with Gasteiger partial charge in [-0.05, 0) is 32.0 Å². The molecule has 7 heteroatoms. The summed E-state index contributed by atoms with van der Waals surface area (Å²) in [5.41, 5.74) is 3.69. The van der Waals surface area contributed by atoms with Gasteiger partial charge < -0.3 is 24.4 Å². The molecule has 7 nitrogen and oxygen atoms in total. The molecule has 1 N–H and O–H groups in total. The first-order chi connectivity index (χ1) is 12.1. The normalized spacial score (nSPS) is 17.4. The van der Waals surface area contributed by atoms with Gasteiger partial charge >= 0.3 is 0 Å².